The van der Waals surface area contributed by atoms with Crippen molar-refractivity contribution >= 4 is 35.2 Å². The smallest absolute Gasteiger partial charge is 0.261 e. The van der Waals surface area contributed by atoms with Crippen molar-refractivity contribution in [3.63, 3.8) is 0 Å². The topological polar surface area (TPSA) is 86.8 Å². The zero-order valence-corrected chi connectivity index (χ0v) is 23.6. The fourth-order valence-corrected chi connectivity index (χ4v) is 5.00. The van der Waals surface area contributed by atoms with Gasteiger partial charge in [-0.3, -0.25) is 24.1 Å². The monoisotopic (exact) mass is 559 g/mol. The van der Waals surface area contributed by atoms with Gasteiger partial charge in [0.15, 0.2) is 0 Å². The number of halogens is 1. The van der Waals surface area contributed by atoms with Crippen LogP contribution in [0.4, 0.5) is 0 Å². The molecule has 4 rings (SSSR count). The third-order valence-corrected chi connectivity index (χ3v) is 7.08. The quantitative estimate of drug-likeness (QED) is 0.312. The Morgan fingerprint density at radius 2 is 1.50 bits per heavy atom. The summed E-state index contributed by atoms with van der Waals surface area (Å²) in [4.78, 5) is 55.6. The van der Waals surface area contributed by atoms with Crippen molar-refractivity contribution in [3.05, 3.63) is 106 Å². The summed E-state index contributed by atoms with van der Waals surface area (Å²) in [6.45, 7) is 4.83. The minimum Gasteiger partial charge on any atom is -0.354 e. The highest BCUT2D eigenvalue weighted by molar-refractivity contribution is 6.30. The molecule has 1 unspecified atom stereocenters. The molecule has 0 radical (unpaired) electrons. The van der Waals surface area contributed by atoms with Gasteiger partial charge in [-0.25, -0.2) is 0 Å². The maximum atomic E-state index is 13.8. The number of hydrogen-bond acceptors (Lipinski definition) is 4. The van der Waals surface area contributed by atoms with E-state index in [4.69, 9.17) is 11.6 Å². The van der Waals surface area contributed by atoms with E-state index in [1.165, 1.54) is 4.90 Å². The molecule has 0 saturated carbocycles. The van der Waals surface area contributed by atoms with Crippen LogP contribution in [-0.4, -0.2) is 52.6 Å². The number of carbonyl (C=O) groups is 4. The predicted molar refractivity (Wildman–Crippen MR) is 155 cm³/mol. The van der Waals surface area contributed by atoms with E-state index < -0.39 is 6.04 Å². The summed E-state index contributed by atoms with van der Waals surface area (Å²) < 4.78 is 0. The summed E-state index contributed by atoms with van der Waals surface area (Å²) in [5, 5.41) is 3.54. The van der Waals surface area contributed by atoms with Gasteiger partial charge >= 0.3 is 0 Å². The molecule has 0 fully saturated rings. The van der Waals surface area contributed by atoms with E-state index in [2.05, 4.69) is 5.32 Å². The fourth-order valence-electron chi connectivity index (χ4n) is 4.78. The van der Waals surface area contributed by atoms with Gasteiger partial charge in [0.2, 0.25) is 11.8 Å². The SMILES string of the molecule is CC(C)CNC(=O)C(Cc1ccccc1)N(Cc1cccc(Cl)c1)C(=O)CCCN1C(=O)c2ccccc2C1=O. The van der Waals surface area contributed by atoms with Crippen LogP contribution in [-0.2, 0) is 22.6 Å². The highest BCUT2D eigenvalue weighted by Crippen LogP contribution is 2.23. The molecular formula is C32H34ClN3O4. The molecule has 1 heterocycles. The van der Waals surface area contributed by atoms with Gasteiger partial charge in [0, 0.05) is 37.5 Å². The Hall–Kier alpha value is -3.97. The van der Waals surface area contributed by atoms with E-state index >= 15 is 0 Å². The molecule has 208 valence electrons. The van der Waals surface area contributed by atoms with Crippen LogP contribution in [0.25, 0.3) is 0 Å². The minimum absolute atomic E-state index is 0.0662. The molecule has 3 aromatic rings. The van der Waals surface area contributed by atoms with Crippen molar-refractivity contribution in [2.45, 2.75) is 45.7 Å². The van der Waals surface area contributed by atoms with Crippen molar-refractivity contribution in [3.8, 4) is 0 Å². The van der Waals surface area contributed by atoms with E-state index in [-0.39, 0.29) is 55.5 Å². The largest absolute Gasteiger partial charge is 0.354 e. The lowest BCUT2D eigenvalue weighted by Gasteiger charge is -2.32. The molecule has 0 aromatic heterocycles. The minimum atomic E-state index is -0.757. The lowest BCUT2D eigenvalue weighted by molar-refractivity contribution is -0.141. The van der Waals surface area contributed by atoms with Crippen LogP contribution in [0.15, 0.2) is 78.9 Å². The predicted octanol–water partition coefficient (Wildman–Crippen LogP) is 5.13. The Bertz CT molecular complexity index is 1340. The van der Waals surface area contributed by atoms with Crippen molar-refractivity contribution in [2.75, 3.05) is 13.1 Å². The molecule has 7 nitrogen and oxygen atoms in total. The molecule has 4 amide bonds. The Balaban J connectivity index is 1.54. The highest BCUT2D eigenvalue weighted by atomic mass is 35.5. The summed E-state index contributed by atoms with van der Waals surface area (Å²) in [6.07, 6.45) is 0.689. The van der Waals surface area contributed by atoms with Crippen LogP contribution in [0.3, 0.4) is 0 Å². The van der Waals surface area contributed by atoms with Crippen LogP contribution in [0.2, 0.25) is 5.02 Å². The fraction of sp³-hybridized carbons (Fsp3) is 0.312. The number of imide groups is 1. The number of hydrogen-bond donors (Lipinski definition) is 1. The van der Waals surface area contributed by atoms with Crippen molar-refractivity contribution in [2.24, 2.45) is 5.92 Å². The van der Waals surface area contributed by atoms with Gasteiger partial charge in [-0.05, 0) is 47.7 Å². The molecule has 0 aliphatic carbocycles. The van der Waals surface area contributed by atoms with Crippen molar-refractivity contribution in [1.82, 2.24) is 15.1 Å². The second kappa shape index (κ2) is 13.4. The Morgan fingerprint density at radius 1 is 0.875 bits per heavy atom. The summed E-state index contributed by atoms with van der Waals surface area (Å²) in [5.41, 5.74) is 2.50. The van der Waals surface area contributed by atoms with Gasteiger partial charge in [-0.15, -0.1) is 0 Å². The second-order valence-corrected chi connectivity index (χ2v) is 10.8. The Kier molecular flexibility index (Phi) is 9.72. The number of fused-ring (bicyclic) bond motifs is 1. The number of benzene rings is 3. The first-order valence-corrected chi connectivity index (χ1v) is 13.9. The van der Waals surface area contributed by atoms with E-state index in [0.717, 1.165) is 11.1 Å². The van der Waals surface area contributed by atoms with Crippen molar-refractivity contribution in [1.29, 1.82) is 0 Å². The maximum absolute atomic E-state index is 13.8. The molecule has 1 aliphatic heterocycles. The molecule has 40 heavy (non-hydrogen) atoms. The van der Waals surface area contributed by atoms with Crippen molar-refractivity contribution < 1.29 is 19.2 Å². The molecule has 1 atom stereocenters. The van der Waals surface area contributed by atoms with E-state index in [0.29, 0.717) is 29.1 Å². The maximum Gasteiger partial charge on any atom is 0.261 e. The van der Waals surface area contributed by atoms with Gasteiger partial charge in [0.05, 0.1) is 11.1 Å². The second-order valence-electron chi connectivity index (χ2n) is 10.4. The standard InChI is InChI=1S/C32H34ClN3O4/c1-22(2)20-34-30(38)28(19-23-10-4-3-5-11-23)36(21-24-12-8-13-25(33)18-24)29(37)16-9-17-35-31(39)26-14-6-7-15-27(26)32(35)40/h3-8,10-15,18,22,28H,9,16-17,19-21H2,1-2H3,(H,34,38). The number of amides is 4. The van der Waals surface area contributed by atoms with E-state index in [1.807, 2.05) is 56.3 Å². The number of nitrogens with one attached hydrogen (secondary N) is 1. The lowest BCUT2D eigenvalue weighted by atomic mass is 10.0. The van der Waals surface area contributed by atoms with Gasteiger partial charge in [-0.1, -0.05) is 80.0 Å². The lowest BCUT2D eigenvalue weighted by Crippen LogP contribution is -2.51. The summed E-state index contributed by atoms with van der Waals surface area (Å²) in [7, 11) is 0. The summed E-state index contributed by atoms with van der Waals surface area (Å²) >= 11 is 6.23. The average Bonchev–Trinajstić information content (AvgIpc) is 3.19. The molecule has 8 heteroatoms. The van der Waals surface area contributed by atoms with Crippen LogP contribution >= 0.6 is 11.6 Å². The molecule has 0 spiro atoms. The normalized spacial score (nSPS) is 13.3. The number of nitrogens with zero attached hydrogens (tertiary/aromatic N) is 2. The molecule has 1 N–H and O–H groups in total. The van der Waals surface area contributed by atoms with Gasteiger partial charge < -0.3 is 10.2 Å². The number of rotatable bonds is 12. The number of carbonyl (C=O) groups excluding carboxylic acids is 4. The molecule has 0 saturated heterocycles. The van der Waals surface area contributed by atoms with Gasteiger partial charge in [0.1, 0.15) is 6.04 Å². The first-order valence-electron chi connectivity index (χ1n) is 13.6. The Morgan fingerprint density at radius 3 is 2.12 bits per heavy atom. The molecule has 1 aliphatic rings. The zero-order chi connectivity index (χ0) is 28.6. The van der Waals surface area contributed by atoms with E-state index in [1.54, 1.807) is 41.3 Å². The van der Waals surface area contributed by atoms with Gasteiger partial charge in [-0.2, -0.15) is 0 Å². The third-order valence-electron chi connectivity index (χ3n) is 6.85. The van der Waals surface area contributed by atoms with Crippen LogP contribution in [0.5, 0.6) is 0 Å². The molecule has 3 aromatic carbocycles. The first-order chi connectivity index (χ1) is 19.2. The Labute approximate surface area is 240 Å². The summed E-state index contributed by atoms with van der Waals surface area (Å²) in [5.74, 6) is -0.916. The average molecular weight is 560 g/mol. The molecule has 0 bridgehead atoms. The van der Waals surface area contributed by atoms with Crippen LogP contribution in [0, 0.1) is 5.92 Å². The summed E-state index contributed by atoms with van der Waals surface area (Å²) in [6, 6.07) is 22.8. The van der Waals surface area contributed by atoms with Crippen LogP contribution in [0.1, 0.15) is 58.5 Å². The van der Waals surface area contributed by atoms with Gasteiger partial charge in [0.25, 0.3) is 11.8 Å². The van der Waals surface area contributed by atoms with E-state index in [9.17, 15) is 19.2 Å². The van der Waals surface area contributed by atoms with Crippen LogP contribution < -0.4 is 5.32 Å². The highest BCUT2D eigenvalue weighted by Gasteiger charge is 2.35. The zero-order valence-electron chi connectivity index (χ0n) is 22.8. The third kappa shape index (κ3) is 7.16. The molecular weight excluding hydrogens is 526 g/mol. The first kappa shape index (κ1) is 29.0.